The van der Waals surface area contributed by atoms with Gasteiger partial charge in [0.05, 0.1) is 11.1 Å². The molecule has 1 aromatic carbocycles. The fourth-order valence-electron chi connectivity index (χ4n) is 3.07. The third-order valence-corrected chi connectivity index (χ3v) is 4.30. The average Bonchev–Trinajstić information content (AvgIpc) is 2.79. The summed E-state index contributed by atoms with van der Waals surface area (Å²) in [6.07, 6.45) is 0.259. The molecule has 4 N–H and O–H groups in total. The van der Waals surface area contributed by atoms with Crippen LogP contribution >= 0.6 is 0 Å². The normalized spacial score (nSPS) is 21.4. The van der Waals surface area contributed by atoms with E-state index in [-0.39, 0.29) is 35.9 Å². The van der Waals surface area contributed by atoms with Crippen LogP contribution in [0.4, 0.5) is 0 Å². The van der Waals surface area contributed by atoms with Gasteiger partial charge in [0.1, 0.15) is 6.04 Å². The van der Waals surface area contributed by atoms with Gasteiger partial charge in [-0.15, -0.1) is 0 Å². The van der Waals surface area contributed by atoms with E-state index in [1.807, 2.05) is 6.92 Å². The SMILES string of the molecule is CC(N)CNCc1ccc2c(c1)C(=O)N(C1CCC(=O)NC1=O)C2=O. The second kappa shape index (κ2) is 6.73. The smallest absolute Gasteiger partial charge is 0.262 e. The number of piperidine rings is 1. The summed E-state index contributed by atoms with van der Waals surface area (Å²) in [6, 6.07) is 4.11. The van der Waals surface area contributed by atoms with Gasteiger partial charge in [-0.05, 0) is 31.0 Å². The van der Waals surface area contributed by atoms with Crippen LogP contribution in [0.25, 0.3) is 0 Å². The van der Waals surface area contributed by atoms with Crippen molar-refractivity contribution in [3.63, 3.8) is 0 Å². The Hall–Kier alpha value is -2.58. The summed E-state index contributed by atoms with van der Waals surface area (Å²) >= 11 is 0. The summed E-state index contributed by atoms with van der Waals surface area (Å²) in [5.41, 5.74) is 7.10. The quantitative estimate of drug-likeness (QED) is 0.621. The van der Waals surface area contributed by atoms with Gasteiger partial charge in [0.2, 0.25) is 11.8 Å². The number of carbonyl (C=O) groups excluding carboxylic acids is 4. The standard InChI is InChI=1S/C17H20N4O4/c1-9(18)7-19-8-10-2-3-11-12(6-10)17(25)21(16(11)24)13-4-5-14(22)20-15(13)23/h2-3,6,9,13,19H,4-5,7-8,18H2,1H3,(H,20,22,23). The summed E-state index contributed by atoms with van der Waals surface area (Å²) in [5.74, 6) is -1.99. The molecule has 2 unspecified atom stereocenters. The van der Waals surface area contributed by atoms with E-state index in [0.29, 0.717) is 13.1 Å². The van der Waals surface area contributed by atoms with Crippen molar-refractivity contribution in [2.45, 2.75) is 38.4 Å². The predicted molar refractivity (Wildman–Crippen MR) is 88.5 cm³/mol. The lowest BCUT2D eigenvalue weighted by Crippen LogP contribution is -2.54. The van der Waals surface area contributed by atoms with Crippen LogP contribution in [0, 0.1) is 0 Å². The first-order chi connectivity index (χ1) is 11.9. The number of rotatable bonds is 5. The molecule has 25 heavy (non-hydrogen) atoms. The molecule has 0 spiro atoms. The van der Waals surface area contributed by atoms with Gasteiger partial charge in [0, 0.05) is 25.6 Å². The van der Waals surface area contributed by atoms with Gasteiger partial charge in [0.15, 0.2) is 0 Å². The molecule has 2 aliphatic rings. The Kier molecular flexibility index (Phi) is 4.65. The van der Waals surface area contributed by atoms with Crippen LogP contribution in [-0.4, -0.2) is 47.2 Å². The fraction of sp³-hybridized carbons (Fsp3) is 0.412. The molecule has 0 bridgehead atoms. The number of hydrogen-bond acceptors (Lipinski definition) is 6. The van der Waals surface area contributed by atoms with Crippen molar-refractivity contribution in [1.29, 1.82) is 0 Å². The first-order valence-corrected chi connectivity index (χ1v) is 8.19. The summed E-state index contributed by atoms with van der Waals surface area (Å²) < 4.78 is 0. The van der Waals surface area contributed by atoms with Crippen molar-refractivity contribution >= 4 is 23.6 Å². The molecule has 2 atom stereocenters. The van der Waals surface area contributed by atoms with Crippen LogP contribution in [0.15, 0.2) is 18.2 Å². The molecule has 2 aliphatic heterocycles. The summed E-state index contributed by atoms with van der Waals surface area (Å²) in [7, 11) is 0. The molecule has 8 heteroatoms. The Morgan fingerprint density at radius 3 is 2.64 bits per heavy atom. The Morgan fingerprint density at radius 1 is 1.24 bits per heavy atom. The first kappa shape index (κ1) is 17.2. The highest BCUT2D eigenvalue weighted by Gasteiger charge is 2.44. The molecule has 1 fully saturated rings. The highest BCUT2D eigenvalue weighted by molar-refractivity contribution is 6.23. The molecule has 4 amide bonds. The number of nitrogens with zero attached hydrogens (tertiary/aromatic N) is 1. The second-order valence-electron chi connectivity index (χ2n) is 6.44. The third kappa shape index (κ3) is 3.31. The Balaban J connectivity index is 1.79. The monoisotopic (exact) mass is 344 g/mol. The maximum Gasteiger partial charge on any atom is 0.262 e. The van der Waals surface area contributed by atoms with Gasteiger partial charge < -0.3 is 11.1 Å². The lowest BCUT2D eigenvalue weighted by molar-refractivity contribution is -0.136. The Bertz CT molecular complexity index is 759. The molecule has 0 aromatic heterocycles. The van der Waals surface area contributed by atoms with E-state index in [9.17, 15) is 19.2 Å². The topological polar surface area (TPSA) is 122 Å². The van der Waals surface area contributed by atoms with E-state index in [0.717, 1.165) is 10.5 Å². The average molecular weight is 344 g/mol. The molecule has 8 nitrogen and oxygen atoms in total. The maximum absolute atomic E-state index is 12.7. The number of carbonyl (C=O) groups is 4. The van der Waals surface area contributed by atoms with E-state index in [4.69, 9.17) is 5.73 Å². The van der Waals surface area contributed by atoms with E-state index < -0.39 is 23.8 Å². The molecular weight excluding hydrogens is 324 g/mol. The highest BCUT2D eigenvalue weighted by atomic mass is 16.2. The van der Waals surface area contributed by atoms with Gasteiger partial charge >= 0.3 is 0 Å². The zero-order valence-electron chi connectivity index (χ0n) is 13.9. The number of benzene rings is 1. The van der Waals surface area contributed by atoms with Crippen molar-refractivity contribution in [3.8, 4) is 0 Å². The number of nitrogens with one attached hydrogen (secondary N) is 2. The minimum atomic E-state index is -0.940. The zero-order chi connectivity index (χ0) is 18.1. The van der Waals surface area contributed by atoms with Crippen molar-refractivity contribution in [1.82, 2.24) is 15.5 Å². The molecule has 0 aliphatic carbocycles. The van der Waals surface area contributed by atoms with Crippen LogP contribution in [0.2, 0.25) is 0 Å². The highest BCUT2D eigenvalue weighted by Crippen LogP contribution is 2.28. The number of amides is 4. The minimum Gasteiger partial charge on any atom is -0.327 e. The van der Waals surface area contributed by atoms with Gasteiger partial charge in [-0.25, -0.2) is 0 Å². The Morgan fingerprint density at radius 2 is 1.96 bits per heavy atom. The number of nitrogens with two attached hydrogens (primary N) is 1. The molecule has 0 saturated carbocycles. The lowest BCUT2D eigenvalue weighted by Gasteiger charge is -2.27. The summed E-state index contributed by atoms with van der Waals surface area (Å²) in [5, 5.41) is 5.35. The third-order valence-electron chi connectivity index (χ3n) is 4.30. The number of imide groups is 2. The summed E-state index contributed by atoms with van der Waals surface area (Å²) in [4.78, 5) is 49.5. The minimum absolute atomic E-state index is 0.0145. The van der Waals surface area contributed by atoms with Crippen molar-refractivity contribution in [2.24, 2.45) is 5.73 Å². The van der Waals surface area contributed by atoms with Crippen LogP contribution < -0.4 is 16.4 Å². The van der Waals surface area contributed by atoms with Crippen molar-refractivity contribution < 1.29 is 19.2 Å². The van der Waals surface area contributed by atoms with Gasteiger partial charge in [0.25, 0.3) is 11.8 Å². The fourth-order valence-corrected chi connectivity index (χ4v) is 3.07. The van der Waals surface area contributed by atoms with Crippen molar-refractivity contribution in [2.75, 3.05) is 6.54 Å². The molecule has 132 valence electrons. The van der Waals surface area contributed by atoms with Gasteiger partial charge in [-0.1, -0.05) is 6.07 Å². The van der Waals surface area contributed by atoms with Crippen LogP contribution in [0.5, 0.6) is 0 Å². The molecular formula is C17H20N4O4. The predicted octanol–water partition coefficient (Wildman–Crippen LogP) is -0.475. The number of fused-ring (bicyclic) bond motifs is 1. The van der Waals surface area contributed by atoms with E-state index >= 15 is 0 Å². The van der Waals surface area contributed by atoms with E-state index in [1.165, 1.54) is 0 Å². The van der Waals surface area contributed by atoms with Crippen LogP contribution in [0.3, 0.4) is 0 Å². The molecule has 0 radical (unpaired) electrons. The Labute approximate surface area is 144 Å². The van der Waals surface area contributed by atoms with Gasteiger partial charge in [-0.3, -0.25) is 29.4 Å². The van der Waals surface area contributed by atoms with Gasteiger partial charge in [-0.2, -0.15) is 0 Å². The van der Waals surface area contributed by atoms with E-state index in [1.54, 1.807) is 18.2 Å². The molecule has 1 aromatic rings. The molecule has 3 rings (SSSR count). The lowest BCUT2D eigenvalue weighted by atomic mass is 10.0. The first-order valence-electron chi connectivity index (χ1n) is 8.19. The largest absolute Gasteiger partial charge is 0.327 e. The molecule has 1 saturated heterocycles. The molecule has 2 heterocycles. The van der Waals surface area contributed by atoms with Crippen molar-refractivity contribution in [3.05, 3.63) is 34.9 Å². The summed E-state index contributed by atoms with van der Waals surface area (Å²) in [6.45, 7) is 3.04. The second-order valence-corrected chi connectivity index (χ2v) is 6.44. The number of hydrogen-bond donors (Lipinski definition) is 3. The van der Waals surface area contributed by atoms with E-state index in [2.05, 4.69) is 10.6 Å². The zero-order valence-corrected chi connectivity index (χ0v) is 13.9. The van der Waals surface area contributed by atoms with Crippen LogP contribution in [0.1, 0.15) is 46.0 Å². The van der Waals surface area contributed by atoms with Crippen LogP contribution in [-0.2, 0) is 16.1 Å². The maximum atomic E-state index is 12.7.